The Balaban J connectivity index is 1.63. The molecule has 0 atom stereocenters. The number of carbonyl (C=O) groups is 1. The number of nitrogens with zero attached hydrogens (tertiary/aromatic N) is 1. The van der Waals surface area contributed by atoms with Gasteiger partial charge in [-0.2, -0.15) is 4.31 Å². The van der Waals surface area contributed by atoms with Gasteiger partial charge in [0, 0.05) is 18.8 Å². The monoisotopic (exact) mass is 423 g/mol. The van der Waals surface area contributed by atoms with Crippen LogP contribution >= 0.6 is 11.6 Å². The molecule has 0 saturated carbocycles. The van der Waals surface area contributed by atoms with Gasteiger partial charge in [0.05, 0.1) is 35.4 Å². The van der Waals surface area contributed by atoms with Gasteiger partial charge >= 0.3 is 0 Å². The first-order chi connectivity index (χ1) is 13.4. The van der Waals surface area contributed by atoms with Gasteiger partial charge in [-0.3, -0.25) is 4.79 Å². The molecule has 0 aromatic heterocycles. The summed E-state index contributed by atoms with van der Waals surface area (Å²) in [6.45, 7) is 3.33. The molecule has 150 valence electrons. The van der Waals surface area contributed by atoms with Crippen molar-refractivity contribution in [3.63, 3.8) is 0 Å². The van der Waals surface area contributed by atoms with E-state index < -0.39 is 10.0 Å². The lowest BCUT2D eigenvalue weighted by molar-refractivity contribution is -0.114. The lowest BCUT2D eigenvalue weighted by atomic mass is 10.2. The van der Waals surface area contributed by atoms with Crippen LogP contribution in [-0.2, 0) is 19.6 Å². The van der Waals surface area contributed by atoms with E-state index in [1.807, 2.05) is 13.0 Å². The van der Waals surface area contributed by atoms with Crippen LogP contribution in [0.15, 0.2) is 47.4 Å². The van der Waals surface area contributed by atoms with Crippen molar-refractivity contribution >= 4 is 38.9 Å². The second kappa shape index (κ2) is 8.91. The summed E-state index contributed by atoms with van der Waals surface area (Å²) in [5, 5.41) is 6.14. The lowest BCUT2D eigenvalue weighted by Crippen LogP contribution is -2.40. The molecule has 7 nitrogen and oxygen atoms in total. The quantitative estimate of drug-likeness (QED) is 0.745. The molecule has 9 heteroatoms. The van der Waals surface area contributed by atoms with Crippen LogP contribution in [0.2, 0.25) is 5.02 Å². The molecule has 1 fully saturated rings. The van der Waals surface area contributed by atoms with E-state index in [2.05, 4.69) is 10.6 Å². The van der Waals surface area contributed by atoms with E-state index in [1.165, 1.54) is 10.4 Å². The Bertz CT molecular complexity index is 959. The fraction of sp³-hybridized carbons (Fsp3) is 0.316. The fourth-order valence-corrected chi connectivity index (χ4v) is 4.54. The van der Waals surface area contributed by atoms with E-state index in [1.54, 1.807) is 30.3 Å². The standard InChI is InChI=1S/C19H22ClN3O4S/c1-14-5-6-18(17(20)11-14)22-19(24)13-21-15-3-2-4-16(12-15)28(25,26)23-7-9-27-10-8-23/h2-6,11-12,21H,7-10,13H2,1H3,(H,22,24). The van der Waals surface area contributed by atoms with Crippen LogP contribution in [-0.4, -0.2) is 51.5 Å². The van der Waals surface area contributed by atoms with Gasteiger partial charge in [-0.15, -0.1) is 0 Å². The largest absolute Gasteiger partial charge is 0.379 e. The summed E-state index contributed by atoms with van der Waals surface area (Å²) >= 11 is 6.12. The van der Waals surface area contributed by atoms with Crippen LogP contribution in [0, 0.1) is 6.92 Å². The van der Waals surface area contributed by atoms with Crippen LogP contribution in [0.3, 0.4) is 0 Å². The Morgan fingerprint density at radius 3 is 2.64 bits per heavy atom. The van der Waals surface area contributed by atoms with Crippen LogP contribution in [0.5, 0.6) is 0 Å². The third-order valence-electron chi connectivity index (χ3n) is 4.29. The minimum atomic E-state index is -3.59. The molecule has 2 N–H and O–H groups in total. The molecule has 1 aliphatic heterocycles. The normalized spacial score (nSPS) is 15.2. The summed E-state index contributed by atoms with van der Waals surface area (Å²) in [5.41, 5.74) is 2.07. The number of hydrogen-bond donors (Lipinski definition) is 2. The number of hydrogen-bond acceptors (Lipinski definition) is 5. The molecule has 2 aromatic carbocycles. The molecule has 1 heterocycles. The van der Waals surface area contributed by atoms with Crippen LogP contribution in [0.1, 0.15) is 5.56 Å². The first kappa shape index (κ1) is 20.6. The first-order valence-corrected chi connectivity index (χ1v) is 10.7. The van der Waals surface area contributed by atoms with E-state index in [0.29, 0.717) is 42.7 Å². The fourth-order valence-electron chi connectivity index (χ4n) is 2.80. The van der Waals surface area contributed by atoms with Crippen molar-refractivity contribution in [3.05, 3.63) is 53.1 Å². The molecule has 3 rings (SSSR count). The van der Waals surface area contributed by atoms with E-state index in [4.69, 9.17) is 16.3 Å². The molecular formula is C19H22ClN3O4S. The molecule has 1 amide bonds. The number of carbonyl (C=O) groups excluding carboxylic acids is 1. The molecule has 0 spiro atoms. The highest BCUT2D eigenvalue weighted by molar-refractivity contribution is 7.89. The van der Waals surface area contributed by atoms with E-state index in [9.17, 15) is 13.2 Å². The molecule has 1 aliphatic rings. The number of halogens is 1. The third-order valence-corrected chi connectivity index (χ3v) is 6.50. The molecule has 2 aromatic rings. The second-order valence-electron chi connectivity index (χ2n) is 6.43. The van der Waals surface area contributed by atoms with Gasteiger partial charge in [0.2, 0.25) is 15.9 Å². The highest BCUT2D eigenvalue weighted by Crippen LogP contribution is 2.23. The minimum absolute atomic E-state index is 0.0226. The van der Waals surface area contributed by atoms with Gasteiger partial charge in [0.15, 0.2) is 0 Å². The van der Waals surface area contributed by atoms with Gasteiger partial charge in [-0.25, -0.2) is 8.42 Å². The van der Waals surface area contributed by atoms with Gasteiger partial charge in [0.1, 0.15) is 0 Å². The zero-order chi connectivity index (χ0) is 20.1. The van der Waals surface area contributed by atoms with Crippen molar-refractivity contribution in [3.8, 4) is 0 Å². The second-order valence-corrected chi connectivity index (χ2v) is 8.77. The van der Waals surface area contributed by atoms with Crippen LogP contribution in [0.25, 0.3) is 0 Å². The predicted molar refractivity (Wildman–Crippen MR) is 109 cm³/mol. The maximum absolute atomic E-state index is 12.7. The molecule has 0 unspecified atom stereocenters. The highest BCUT2D eigenvalue weighted by Gasteiger charge is 2.26. The summed E-state index contributed by atoms with van der Waals surface area (Å²) in [6, 6.07) is 11.8. The van der Waals surface area contributed by atoms with Crippen molar-refractivity contribution in [1.29, 1.82) is 0 Å². The zero-order valence-electron chi connectivity index (χ0n) is 15.4. The van der Waals surface area contributed by atoms with Crippen molar-refractivity contribution in [2.24, 2.45) is 0 Å². The van der Waals surface area contributed by atoms with Crippen LogP contribution in [0.4, 0.5) is 11.4 Å². The SMILES string of the molecule is Cc1ccc(NC(=O)CNc2cccc(S(=O)(=O)N3CCOCC3)c2)c(Cl)c1. The smallest absolute Gasteiger partial charge is 0.243 e. The zero-order valence-corrected chi connectivity index (χ0v) is 17.0. The number of morpholine rings is 1. The lowest BCUT2D eigenvalue weighted by Gasteiger charge is -2.26. The number of benzene rings is 2. The highest BCUT2D eigenvalue weighted by atomic mass is 35.5. The van der Waals surface area contributed by atoms with Crippen molar-refractivity contribution in [2.75, 3.05) is 43.5 Å². The van der Waals surface area contributed by atoms with Gasteiger partial charge in [0.25, 0.3) is 0 Å². The maximum Gasteiger partial charge on any atom is 0.243 e. The summed E-state index contributed by atoms with van der Waals surface area (Å²) in [6.07, 6.45) is 0. The van der Waals surface area contributed by atoms with Crippen molar-refractivity contribution < 1.29 is 17.9 Å². The number of aryl methyl sites for hydroxylation is 1. The third kappa shape index (κ3) is 5.02. The Kier molecular flexibility index (Phi) is 6.56. The number of rotatable bonds is 6. The molecular weight excluding hydrogens is 402 g/mol. The van der Waals surface area contributed by atoms with Crippen molar-refractivity contribution in [1.82, 2.24) is 4.31 Å². The predicted octanol–water partition coefficient (Wildman–Crippen LogP) is 2.72. The van der Waals surface area contributed by atoms with E-state index in [-0.39, 0.29) is 17.3 Å². The number of sulfonamides is 1. The summed E-state index contributed by atoms with van der Waals surface area (Å²) in [7, 11) is -3.59. The Labute approximate surface area is 169 Å². The number of nitrogens with one attached hydrogen (secondary N) is 2. The number of ether oxygens (including phenoxy) is 1. The maximum atomic E-state index is 12.7. The minimum Gasteiger partial charge on any atom is -0.379 e. The van der Waals surface area contributed by atoms with Gasteiger partial charge in [-0.1, -0.05) is 23.7 Å². The summed E-state index contributed by atoms with van der Waals surface area (Å²) in [5.74, 6) is -0.285. The Morgan fingerprint density at radius 2 is 1.93 bits per heavy atom. The van der Waals surface area contributed by atoms with Crippen molar-refractivity contribution in [2.45, 2.75) is 11.8 Å². The molecule has 0 bridgehead atoms. The summed E-state index contributed by atoms with van der Waals surface area (Å²) in [4.78, 5) is 12.4. The van der Waals surface area contributed by atoms with Gasteiger partial charge < -0.3 is 15.4 Å². The van der Waals surface area contributed by atoms with E-state index >= 15 is 0 Å². The first-order valence-electron chi connectivity index (χ1n) is 8.84. The topological polar surface area (TPSA) is 87.7 Å². The van der Waals surface area contributed by atoms with Crippen LogP contribution < -0.4 is 10.6 Å². The molecule has 28 heavy (non-hydrogen) atoms. The molecule has 1 saturated heterocycles. The number of amides is 1. The average molecular weight is 424 g/mol. The van der Waals surface area contributed by atoms with E-state index in [0.717, 1.165) is 5.56 Å². The number of anilines is 2. The summed E-state index contributed by atoms with van der Waals surface area (Å²) < 4.78 is 32.1. The molecule has 0 aliphatic carbocycles. The van der Waals surface area contributed by atoms with Gasteiger partial charge in [-0.05, 0) is 42.8 Å². The Hall–Kier alpha value is -2.13. The Morgan fingerprint density at radius 1 is 1.18 bits per heavy atom. The molecule has 0 radical (unpaired) electrons. The average Bonchev–Trinajstić information content (AvgIpc) is 2.69.